The minimum Gasteiger partial charge on any atom is -0.477 e. The molecule has 16 heavy (non-hydrogen) atoms. The van der Waals surface area contributed by atoms with Crippen molar-refractivity contribution in [1.82, 2.24) is 9.55 Å². The van der Waals surface area contributed by atoms with E-state index >= 15 is 0 Å². The summed E-state index contributed by atoms with van der Waals surface area (Å²) in [5, 5.41) is 8.93. The summed E-state index contributed by atoms with van der Waals surface area (Å²) >= 11 is 0. The standard InChI is InChI=1S/C11H10N2O3/c1-7-3-2-4-8(5-7)13-9(10(14)15)6-12-11(13)16/h2-6H,1H3,(H,12,16)(H,14,15). The number of carboxylic acid groups (broad SMARTS) is 1. The fraction of sp³-hybridized carbons (Fsp3) is 0.0909. The number of nitrogens with zero attached hydrogens (tertiary/aromatic N) is 1. The van der Waals surface area contributed by atoms with E-state index in [2.05, 4.69) is 4.98 Å². The van der Waals surface area contributed by atoms with Gasteiger partial charge in [0.05, 0.1) is 5.69 Å². The van der Waals surface area contributed by atoms with Crippen LogP contribution >= 0.6 is 0 Å². The summed E-state index contributed by atoms with van der Waals surface area (Å²) in [6.45, 7) is 1.88. The molecule has 2 N–H and O–H groups in total. The maximum Gasteiger partial charge on any atom is 0.354 e. The molecule has 0 atom stereocenters. The summed E-state index contributed by atoms with van der Waals surface area (Å²) in [5.74, 6) is -1.14. The molecule has 5 heteroatoms. The first-order valence-corrected chi connectivity index (χ1v) is 4.70. The highest BCUT2D eigenvalue weighted by molar-refractivity contribution is 5.86. The zero-order valence-corrected chi connectivity index (χ0v) is 8.60. The predicted octanol–water partition coefficient (Wildman–Crippen LogP) is 1.17. The van der Waals surface area contributed by atoms with Crippen LogP contribution in [0.2, 0.25) is 0 Å². The number of aromatic nitrogens is 2. The Kier molecular flexibility index (Phi) is 2.36. The van der Waals surface area contributed by atoms with Crippen molar-refractivity contribution in [1.29, 1.82) is 0 Å². The van der Waals surface area contributed by atoms with E-state index in [1.165, 1.54) is 6.20 Å². The van der Waals surface area contributed by atoms with E-state index in [1.54, 1.807) is 18.2 Å². The van der Waals surface area contributed by atoms with Crippen molar-refractivity contribution in [2.24, 2.45) is 0 Å². The SMILES string of the molecule is Cc1cccc(-n2c(C(=O)O)c[nH]c2=O)c1. The number of nitrogens with one attached hydrogen (secondary N) is 1. The number of imidazole rings is 1. The van der Waals surface area contributed by atoms with Crippen molar-refractivity contribution in [3.05, 3.63) is 52.2 Å². The van der Waals surface area contributed by atoms with Crippen molar-refractivity contribution in [2.75, 3.05) is 0 Å². The molecule has 0 unspecified atom stereocenters. The minimum absolute atomic E-state index is 0.0735. The van der Waals surface area contributed by atoms with Gasteiger partial charge in [0.15, 0.2) is 5.69 Å². The molecule has 2 rings (SSSR count). The zero-order valence-electron chi connectivity index (χ0n) is 8.60. The van der Waals surface area contributed by atoms with Gasteiger partial charge in [-0.25, -0.2) is 9.59 Å². The van der Waals surface area contributed by atoms with Gasteiger partial charge in [0.2, 0.25) is 0 Å². The molecule has 0 amide bonds. The van der Waals surface area contributed by atoms with Crippen LogP contribution in [0.3, 0.4) is 0 Å². The molecule has 0 fully saturated rings. The smallest absolute Gasteiger partial charge is 0.354 e. The lowest BCUT2D eigenvalue weighted by molar-refractivity contribution is 0.0688. The van der Waals surface area contributed by atoms with E-state index < -0.39 is 11.7 Å². The molecule has 1 heterocycles. The van der Waals surface area contributed by atoms with Gasteiger partial charge in [-0.05, 0) is 24.6 Å². The molecule has 2 aromatic rings. The highest BCUT2D eigenvalue weighted by atomic mass is 16.4. The lowest BCUT2D eigenvalue weighted by atomic mass is 10.2. The van der Waals surface area contributed by atoms with Crippen LogP contribution in [0, 0.1) is 6.92 Å². The molecule has 82 valence electrons. The summed E-state index contributed by atoms with van der Waals surface area (Å²) in [7, 11) is 0. The summed E-state index contributed by atoms with van der Waals surface area (Å²) in [5.41, 5.74) is 0.976. The van der Waals surface area contributed by atoms with Gasteiger partial charge < -0.3 is 10.1 Å². The van der Waals surface area contributed by atoms with Gasteiger partial charge in [-0.2, -0.15) is 0 Å². The Hall–Kier alpha value is -2.30. The van der Waals surface area contributed by atoms with E-state index in [-0.39, 0.29) is 5.69 Å². The molecule has 0 spiro atoms. The molecular formula is C11H10N2O3. The lowest BCUT2D eigenvalue weighted by Gasteiger charge is -2.04. The fourth-order valence-electron chi connectivity index (χ4n) is 1.55. The molecule has 0 bridgehead atoms. The maximum absolute atomic E-state index is 11.5. The highest BCUT2D eigenvalue weighted by Gasteiger charge is 2.14. The van der Waals surface area contributed by atoms with Crippen LogP contribution in [0.15, 0.2) is 35.3 Å². The predicted molar refractivity (Wildman–Crippen MR) is 58.1 cm³/mol. The van der Waals surface area contributed by atoms with E-state index in [4.69, 9.17) is 5.11 Å². The Morgan fingerprint density at radius 1 is 1.44 bits per heavy atom. The molecule has 0 saturated heterocycles. The number of aromatic carboxylic acids is 1. The van der Waals surface area contributed by atoms with Crippen molar-refractivity contribution in [3.8, 4) is 5.69 Å². The molecule has 1 aromatic carbocycles. The van der Waals surface area contributed by atoms with Gasteiger partial charge in [-0.3, -0.25) is 4.57 Å². The zero-order chi connectivity index (χ0) is 11.7. The number of carbonyl (C=O) groups is 1. The minimum atomic E-state index is -1.14. The topological polar surface area (TPSA) is 75.1 Å². The summed E-state index contributed by atoms with van der Waals surface area (Å²) in [6, 6.07) is 7.09. The van der Waals surface area contributed by atoms with Gasteiger partial charge in [-0.15, -0.1) is 0 Å². The number of carboxylic acids is 1. The second-order valence-corrected chi connectivity index (χ2v) is 3.46. The molecule has 0 aliphatic heterocycles. The number of benzene rings is 1. The molecule has 0 saturated carbocycles. The normalized spacial score (nSPS) is 10.3. The first kappa shape index (κ1) is 10.2. The van der Waals surface area contributed by atoms with Crippen LogP contribution in [0.5, 0.6) is 0 Å². The molecule has 1 aromatic heterocycles. The average Bonchev–Trinajstić information content (AvgIpc) is 2.60. The van der Waals surface area contributed by atoms with Gasteiger partial charge in [0, 0.05) is 6.20 Å². The van der Waals surface area contributed by atoms with E-state index in [0.29, 0.717) is 5.69 Å². The van der Waals surface area contributed by atoms with Crippen LogP contribution in [0.1, 0.15) is 16.1 Å². The Morgan fingerprint density at radius 2 is 2.19 bits per heavy atom. The van der Waals surface area contributed by atoms with Crippen LogP contribution in [0.25, 0.3) is 5.69 Å². The molecule has 5 nitrogen and oxygen atoms in total. The Labute approximate surface area is 91.0 Å². The van der Waals surface area contributed by atoms with E-state index in [1.807, 2.05) is 13.0 Å². The lowest BCUT2D eigenvalue weighted by Crippen LogP contribution is -2.19. The second kappa shape index (κ2) is 3.69. The van der Waals surface area contributed by atoms with Crippen LogP contribution in [-0.2, 0) is 0 Å². The van der Waals surface area contributed by atoms with Crippen LogP contribution in [0.4, 0.5) is 0 Å². The largest absolute Gasteiger partial charge is 0.477 e. The Balaban J connectivity index is 2.68. The number of hydrogen-bond acceptors (Lipinski definition) is 2. The molecule has 0 aliphatic carbocycles. The third kappa shape index (κ3) is 1.63. The fourth-order valence-corrected chi connectivity index (χ4v) is 1.55. The quantitative estimate of drug-likeness (QED) is 0.794. The number of hydrogen-bond donors (Lipinski definition) is 2. The van der Waals surface area contributed by atoms with Crippen molar-refractivity contribution < 1.29 is 9.90 Å². The number of aromatic amines is 1. The molecule has 0 radical (unpaired) electrons. The van der Waals surface area contributed by atoms with E-state index in [0.717, 1.165) is 10.1 Å². The third-order valence-electron chi connectivity index (χ3n) is 2.26. The number of H-pyrrole nitrogens is 1. The van der Waals surface area contributed by atoms with Gasteiger partial charge >= 0.3 is 11.7 Å². The van der Waals surface area contributed by atoms with Gasteiger partial charge in [0.25, 0.3) is 0 Å². The second-order valence-electron chi connectivity index (χ2n) is 3.46. The Bertz CT molecular complexity index is 595. The van der Waals surface area contributed by atoms with Crippen LogP contribution in [-0.4, -0.2) is 20.6 Å². The first-order chi connectivity index (χ1) is 7.59. The molecule has 0 aliphatic rings. The summed E-state index contributed by atoms with van der Waals surface area (Å²) in [6.07, 6.45) is 1.19. The maximum atomic E-state index is 11.5. The highest BCUT2D eigenvalue weighted by Crippen LogP contribution is 2.10. The monoisotopic (exact) mass is 218 g/mol. The number of rotatable bonds is 2. The average molecular weight is 218 g/mol. The Morgan fingerprint density at radius 3 is 2.81 bits per heavy atom. The van der Waals surface area contributed by atoms with E-state index in [9.17, 15) is 9.59 Å². The molecular weight excluding hydrogens is 208 g/mol. The third-order valence-corrected chi connectivity index (χ3v) is 2.26. The van der Waals surface area contributed by atoms with Crippen molar-refractivity contribution in [2.45, 2.75) is 6.92 Å². The first-order valence-electron chi connectivity index (χ1n) is 4.70. The summed E-state index contributed by atoms with van der Waals surface area (Å²) < 4.78 is 1.13. The van der Waals surface area contributed by atoms with Crippen molar-refractivity contribution >= 4 is 5.97 Å². The number of aryl methyl sites for hydroxylation is 1. The van der Waals surface area contributed by atoms with Gasteiger partial charge in [0.1, 0.15) is 0 Å². The summed E-state index contributed by atoms with van der Waals surface area (Å²) in [4.78, 5) is 24.8. The van der Waals surface area contributed by atoms with Gasteiger partial charge in [-0.1, -0.05) is 12.1 Å². The van der Waals surface area contributed by atoms with Crippen molar-refractivity contribution in [3.63, 3.8) is 0 Å². The van der Waals surface area contributed by atoms with Crippen LogP contribution < -0.4 is 5.69 Å².